The highest BCUT2D eigenvalue weighted by Crippen LogP contribution is 2.21. The number of piperidine rings is 1. The summed E-state index contributed by atoms with van der Waals surface area (Å²) in [6.45, 7) is 6.83. The quantitative estimate of drug-likeness (QED) is 0.742. The van der Waals surface area contributed by atoms with E-state index in [1.54, 1.807) is 0 Å². The van der Waals surface area contributed by atoms with Crippen LogP contribution in [-0.2, 0) is 9.53 Å². The van der Waals surface area contributed by atoms with Crippen molar-refractivity contribution < 1.29 is 14.3 Å². The number of nitrogens with zero attached hydrogens (tertiary/aromatic N) is 1. The Labute approximate surface area is 145 Å². The van der Waals surface area contributed by atoms with E-state index in [-0.39, 0.29) is 12.0 Å². The molecule has 0 aliphatic carbocycles. The highest BCUT2D eigenvalue weighted by molar-refractivity contribution is 5.81. The number of para-hydroxylation sites is 1. The molecule has 1 fully saturated rings. The largest absolute Gasteiger partial charge is 0.480 e. The molecule has 5 heteroatoms. The zero-order chi connectivity index (χ0) is 17.4. The first-order valence-electron chi connectivity index (χ1n) is 8.98. The molecule has 5 nitrogen and oxygen atoms in total. The number of likely N-dealkylation sites (tertiary alicyclic amines) is 1. The fourth-order valence-electron chi connectivity index (χ4n) is 2.93. The first kappa shape index (κ1) is 18.7. The van der Waals surface area contributed by atoms with Crippen molar-refractivity contribution >= 4 is 5.91 Å². The summed E-state index contributed by atoms with van der Waals surface area (Å²) in [5.74, 6) is 0.874. The van der Waals surface area contributed by atoms with Gasteiger partial charge in [0, 0.05) is 19.7 Å². The van der Waals surface area contributed by atoms with Crippen molar-refractivity contribution in [2.24, 2.45) is 5.73 Å². The van der Waals surface area contributed by atoms with Gasteiger partial charge in [-0.1, -0.05) is 25.1 Å². The predicted octanol–water partition coefficient (Wildman–Crippen LogP) is 2.51. The molecule has 0 radical (unpaired) electrons. The number of aryl methyl sites for hydroxylation is 1. The Kier molecular flexibility index (Phi) is 7.53. The molecule has 1 heterocycles. The molecule has 24 heavy (non-hydrogen) atoms. The molecule has 1 aromatic rings. The van der Waals surface area contributed by atoms with Gasteiger partial charge in [-0.2, -0.15) is 0 Å². The molecule has 1 unspecified atom stereocenters. The normalized spacial score (nSPS) is 16.9. The maximum atomic E-state index is 12.8. The van der Waals surface area contributed by atoms with Gasteiger partial charge in [-0.25, -0.2) is 0 Å². The average molecular weight is 334 g/mol. The second kappa shape index (κ2) is 9.64. The van der Waals surface area contributed by atoms with Gasteiger partial charge in [-0.05, 0) is 50.8 Å². The van der Waals surface area contributed by atoms with Crippen LogP contribution in [0.1, 0.15) is 38.2 Å². The molecule has 1 saturated heterocycles. The van der Waals surface area contributed by atoms with E-state index >= 15 is 0 Å². The minimum absolute atomic E-state index is 0.0844. The van der Waals surface area contributed by atoms with Crippen LogP contribution in [-0.4, -0.2) is 49.3 Å². The van der Waals surface area contributed by atoms with Crippen molar-refractivity contribution in [3.05, 3.63) is 29.8 Å². The summed E-state index contributed by atoms with van der Waals surface area (Å²) in [4.78, 5) is 14.7. The van der Waals surface area contributed by atoms with Crippen molar-refractivity contribution in [1.29, 1.82) is 0 Å². The standard InChI is InChI=1S/C19H30N2O3/c1-3-17(24-18-8-5-4-7-15(18)2)19(22)21-12-9-16(10-13-21)23-14-6-11-20/h4-5,7-8,16-17H,3,6,9-14,20H2,1-2H3. The molecule has 1 aliphatic heterocycles. The third kappa shape index (κ3) is 5.21. The lowest BCUT2D eigenvalue weighted by molar-refractivity contribution is -0.141. The Balaban J connectivity index is 1.85. The van der Waals surface area contributed by atoms with Gasteiger partial charge in [-0.15, -0.1) is 0 Å². The Morgan fingerprint density at radius 1 is 1.33 bits per heavy atom. The maximum Gasteiger partial charge on any atom is 0.263 e. The number of carbonyl (C=O) groups is 1. The highest BCUT2D eigenvalue weighted by Gasteiger charge is 2.29. The monoisotopic (exact) mass is 334 g/mol. The molecule has 0 bridgehead atoms. The third-order valence-electron chi connectivity index (χ3n) is 4.46. The lowest BCUT2D eigenvalue weighted by Gasteiger charge is -2.34. The van der Waals surface area contributed by atoms with Gasteiger partial charge >= 0.3 is 0 Å². The molecular formula is C19H30N2O3. The van der Waals surface area contributed by atoms with Crippen LogP contribution in [0.15, 0.2) is 24.3 Å². The number of carbonyl (C=O) groups excluding carboxylic acids is 1. The van der Waals surface area contributed by atoms with Crippen molar-refractivity contribution in [3.63, 3.8) is 0 Å². The van der Waals surface area contributed by atoms with Gasteiger partial charge in [0.1, 0.15) is 5.75 Å². The molecule has 0 aromatic heterocycles. The molecule has 1 amide bonds. The van der Waals surface area contributed by atoms with E-state index in [9.17, 15) is 4.79 Å². The fraction of sp³-hybridized carbons (Fsp3) is 0.632. The van der Waals surface area contributed by atoms with Gasteiger partial charge in [0.05, 0.1) is 6.10 Å². The first-order valence-corrected chi connectivity index (χ1v) is 8.98. The molecule has 0 spiro atoms. The number of ether oxygens (including phenoxy) is 2. The summed E-state index contributed by atoms with van der Waals surface area (Å²) in [6.07, 6.45) is 3.16. The first-order chi connectivity index (χ1) is 11.7. The number of hydrogen-bond donors (Lipinski definition) is 1. The van der Waals surface area contributed by atoms with Crippen molar-refractivity contribution in [2.75, 3.05) is 26.2 Å². The molecule has 1 aliphatic rings. The van der Waals surface area contributed by atoms with E-state index < -0.39 is 6.10 Å². The molecule has 2 rings (SSSR count). The van der Waals surface area contributed by atoms with E-state index in [1.807, 2.05) is 43.0 Å². The minimum Gasteiger partial charge on any atom is -0.480 e. The minimum atomic E-state index is -0.416. The molecule has 134 valence electrons. The number of hydrogen-bond acceptors (Lipinski definition) is 4. The van der Waals surface area contributed by atoms with Crippen LogP contribution < -0.4 is 10.5 Å². The van der Waals surface area contributed by atoms with Crippen LogP contribution >= 0.6 is 0 Å². The number of amides is 1. The Morgan fingerprint density at radius 3 is 2.67 bits per heavy atom. The van der Waals surface area contributed by atoms with Crippen LogP contribution in [0.5, 0.6) is 5.75 Å². The number of nitrogens with two attached hydrogens (primary N) is 1. The second-order valence-electron chi connectivity index (χ2n) is 6.32. The van der Waals surface area contributed by atoms with Crippen LogP contribution in [0, 0.1) is 6.92 Å². The predicted molar refractivity (Wildman–Crippen MR) is 95.1 cm³/mol. The summed E-state index contributed by atoms with van der Waals surface area (Å²) < 4.78 is 11.8. The average Bonchev–Trinajstić information content (AvgIpc) is 2.61. The second-order valence-corrected chi connectivity index (χ2v) is 6.32. The molecule has 1 aromatic carbocycles. The van der Waals surface area contributed by atoms with Gasteiger partial charge in [-0.3, -0.25) is 4.79 Å². The van der Waals surface area contributed by atoms with Crippen molar-refractivity contribution in [1.82, 2.24) is 4.90 Å². The molecule has 2 N–H and O–H groups in total. The summed E-state index contributed by atoms with van der Waals surface area (Å²) >= 11 is 0. The fourth-order valence-corrected chi connectivity index (χ4v) is 2.93. The van der Waals surface area contributed by atoms with E-state index in [4.69, 9.17) is 15.2 Å². The van der Waals surface area contributed by atoms with Gasteiger partial charge in [0.15, 0.2) is 6.10 Å². The smallest absolute Gasteiger partial charge is 0.263 e. The summed E-state index contributed by atoms with van der Waals surface area (Å²) in [5.41, 5.74) is 6.53. The third-order valence-corrected chi connectivity index (χ3v) is 4.46. The van der Waals surface area contributed by atoms with Gasteiger partial charge in [0.25, 0.3) is 5.91 Å². The Morgan fingerprint density at radius 2 is 2.04 bits per heavy atom. The van der Waals surface area contributed by atoms with E-state index in [2.05, 4.69) is 0 Å². The molecular weight excluding hydrogens is 304 g/mol. The zero-order valence-electron chi connectivity index (χ0n) is 14.9. The van der Waals surface area contributed by atoms with Crippen molar-refractivity contribution in [3.8, 4) is 5.75 Å². The zero-order valence-corrected chi connectivity index (χ0v) is 14.9. The summed E-state index contributed by atoms with van der Waals surface area (Å²) in [7, 11) is 0. The lowest BCUT2D eigenvalue weighted by Crippen LogP contribution is -2.47. The highest BCUT2D eigenvalue weighted by atomic mass is 16.5. The summed E-state index contributed by atoms with van der Waals surface area (Å²) in [5, 5.41) is 0. The van der Waals surface area contributed by atoms with Crippen molar-refractivity contribution in [2.45, 2.75) is 51.7 Å². The van der Waals surface area contributed by atoms with Crippen LogP contribution in [0.25, 0.3) is 0 Å². The van der Waals surface area contributed by atoms with Crippen LogP contribution in [0.4, 0.5) is 0 Å². The van der Waals surface area contributed by atoms with E-state index in [1.165, 1.54) is 0 Å². The molecule has 1 atom stereocenters. The van der Waals surface area contributed by atoms with Crippen LogP contribution in [0.2, 0.25) is 0 Å². The van der Waals surface area contributed by atoms with Gasteiger partial charge < -0.3 is 20.1 Å². The van der Waals surface area contributed by atoms with E-state index in [0.717, 1.165) is 43.7 Å². The molecule has 0 saturated carbocycles. The summed E-state index contributed by atoms with van der Waals surface area (Å²) in [6, 6.07) is 7.82. The topological polar surface area (TPSA) is 64.8 Å². The maximum absolute atomic E-state index is 12.8. The lowest BCUT2D eigenvalue weighted by atomic mass is 10.1. The van der Waals surface area contributed by atoms with Gasteiger partial charge in [0.2, 0.25) is 0 Å². The van der Waals surface area contributed by atoms with Crippen LogP contribution in [0.3, 0.4) is 0 Å². The van der Waals surface area contributed by atoms with E-state index in [0.29, 0.717) is 19.6 Å². The Bertz CT molecular complexity index is 513. The number of rotatable bonds is 8. The number of benzene rings is 1. The SMILES string of the molecule is CCC(Oc1ccccc1C)C(=O)N1CCC(OCCCN)CC1. The Hall–Kier alpha value is -1.59.